The van der Waals surface area contributed by atoms with Crippen LogP contribution in [0.15, 0.2) is 102 Å². The first kappa shape index (κ1) is 20.7. The molecule has 0 amide bonds. The molecule has 0 atom stereocenters. The Morgan fingerprint density at radius 2 is 1.41 bits per heavy atom. The maximum atomic E-state index is 12.6. The molecule has 2 heteroatoms. The van der Waals surface area contributed by atoms with Gasteiger partial charge in [0.1, 0.15) is 0 Å². The van der Waals surface area contributed by atoms with E-state index in [0.717, 1.165) is 15.6 Å². The van der Waals surface area contributed by atoms with Gasteiger partial charge in [0, 0.05) is 15.5 Å². The van der Waals surface area contributed by atoms with Gasteiger partial charge in [-0.3, -0.25) is 4.79 Å². The van der Waals surface area contributed by atoms with Crippen molar-refractivity contribution in [3.8, 4) is 22.3 Å². The fourth-order valence-electron chi connectivity index (χ4n) is 4.55. The second kappa shape index (κ2) is 8.03. The van der Waals surface area contributed by atoms with Crippen molar-refractivity contribution in [2.24, 2.45) is 0 Å². The Morgan fingerprint density at radius 3 is 2.16 bits per heavy atom. The highest BCUT2D eigenvalue weighted by Gasteiger charge is 2.35. The maximum absolute atomic E-state index is 12.6. The number of rotatable bonds is 4. The number of halogens is 1. The molecule has 4 aromatic carbocycles. The summed E-state index contributed by atoms with van der Waals surface area (Å²) in [5.41, 5.74) is 9.35. The van der Waals surface area contributed by atoms with Crippen LogP contribution in [0.3, 0.4) is 0 Å². The summed E-state index contributed by atoms with van der Waals surface area (Å²) in [6.45, 7) is 4.59. The average molecular weight is 479 g/mol. The molecule has 4 aromatic rings. The highest BCUT2D eigenvalue weighted by molar-refractivity contribution is 9.10. The molecule has 32 heavy (non-hydrogen) atoms. The predicted octanol–water partition coefficient (Wildman–Crippen LogP) is 8.32. The molecule has 0 N–H and O–H groups in total. The van der Waals surface area contributed by atoms with Gasteiger partial charge >= 0.3 is 0 Å². The van der Waals surface area contributed by atoms with Gasteiger partial charge in [0.2, 0.25) is 0 Å². The smallest absolute Gasteiger partial charge is 0.185 e. The normalized spacial score (nSPS) is 13.7. The third kappa shape index (κ3) is 3.65. The third-order valence-corrected chi connectivity index (χ3v) is 6.91. The quantitative estimate of drug-likeness (QED) is 0.212. The average Bonchev–Trinajstić information content (AvgIpc) is 3.05. The number of allylic oxidation sites excluding steroid dienone is 1. The van der Waals surface area contributed by atoms with Crippen LogP contribution in [0.5, 0.6) is 0 Å². The Bertz CT molecular complexity index is 1340. The van der Waals surface area contributed by atoms with E-state index in [1.165, 1.54) is 27.8 Å². The summed E-state index contributed by atoms with van der Waals surface area (Å²) in [5, 5.41) is 0. The van der Waals surface area contributed by atoms with Crippen LogP contribution in [0.25, 0.3) is 28.3 Å². The van der Waals surface area contributed by atoms with E-state index in [4.69, 9.17) is 0 Å². The number of ketones is 1. The second-order valence-corrected chi connectivity index (χ2v) is 9.67. The topological polar surface area (TPSA) is 17.1 Å². The molecule has 1 aliphatic carbocycles. The monoisotopic (exact) mass is 478 g/mol. The lowest BCUT2D eigenvalue weighted by molar-refractivity contribution is 0.104. The summed E-state index contributed by atoms with van der Waals surface area (Å²) in [6, 6.07) is 31.2. The maximum Gasteiger partial charge on any atom is 0.185 e. The van der Waals surface area contributed by atoms with Crippen LogP contribution < -0.4 is 0 Å². The first-order valence-corrected chi connectivity index (χ1v) is 11.6. The Labute approximate surface area is 197 Å². The highest BCUT2D eigenvalue weighted by Crippen LogP contribution is 2.49. The van der Waals surface area contributed by atoms with Crippen molar-refractivity contribution in [1.82, 2.24) is 0 Å². The largest absolute Gasteiger partial charge is 0.289 e. The standard InChI is InChI=1S/C30H23BrO/c1-30(2)27-6-4-3-5-25(27)26-17-14-23(19-28(26)30)21-10-12-22(13-11-21)29(32)18-9-20-7-15-24(31)16-8-20/h3-19H,1-2H3/b18-9+. The Balaban J connectivity index is 1.40. The van der Waals surface area contributed by atoms with E-state index >= 15 is 0 Å². The van der Waals surface area contributed by atoms with Crippen LogP contribution in [0, 0.1) is 0 Å². The van der Waals surface area contributed by atoms with Crippen molar-refractivity contribution < 1.29 is 4.79 Å². The fraction of sp³-hybridized carbons (Fsp3) is 0.100. The lowest BCUT2D eigenvalue weighted by atomic mass is 9.81. The van der Waals surface area contributed by atoms with Gasteiger partial charge in [0.15, 0.2) is 5.78 Å². The lowest BCUT2D eigenvalue weighted by Gasteiger charge is -2.22. The minimum absolute atomic E-state index is 0.00463. The molecule has 0 radical (unpaired) electrons. The van der Waals surface area contributed by atoms with Crippen molar-refractivity contribution in [2.75, 3.05) is 0 Å². The molecule has 0 bridgehead atoms. The minimum atomic E-state index is -0.0182. The van der Waals surface area contributed by atoms with E-state index in [2.05, 4.69) is 72.2 Å². The van der Waals surface area contributed by atoms with Gasteiger partial charge in [0.25, 0.3) is 0 Å². The SMILES string of the molecule is CC1(C)c2ccccc2-c2ccc(-c3ccc(C(=O)/C=C/c4ccc(Br)cc4)cc3)cc21. The molecular formula is C30H23BrO. The van der Waals surface area contributed by atoms with Gasteiger partial charge in [-0.2, -0.15) is 0 Å². The number of carbonyl (C=O) groups is 1. The molecular weight excluding hydrogens is 456 g/mol. The van der Waals surface area contributed by atoms with Crippen LogP contribution in [0.2, 0.25) is 0 Å². The van der Waals surface area contributed by atoms with Crippen molar-refractivity contribution in [3.63, 3.8) is 0 Å². The van der Waals surface area contributed by atoms with E-state index in [1.807, 2.05) is 54.6 Å². The van der Waals surface area contributed by atoms with Gasteiger partial charge in [-0.25, -0.2) is 0 Å². The first-order valence-electron chi connectivity index (χ1n) is 10.8. The number of hydrogen-bond acceptors (Lipinski definition) is 1. The van der Waals surface area contributed by atoms with Crippen molar-refractivity contribution in [3.05, 3.63) is 124 Å². The Kier molecular flexibility index (Phi) is 5.19. The molecule has 0 fully saturated rings. The molecule has 0 saturated heterocycles. The molecule has 0 heterocycles. The zero-order chi connectivity index (χ0) is 22.3. The fourth-order valence-corrected chi connectivity index (χ4v) is 4.82. The van der Waals surface area contributed by atoms with Crippen molar-refractivity contribution in [2.45, 2.75) is 19.3 Å². The van der Waals surface area contributed by atoms with Gasteiger partial charge < -0.3 is 0 Å². The zero-order valence-electron chi connectivity index (χ0n) is 18.1. The lowest BCUT2D eigenvalue weighted by Crippen LogP contribution is -2.14. The summed E-state index contributed by atoms with van der Waals surface area (Å²) in [6.07, 6.45) is 3.48. The highest BCUT2D eigenvalue weighted by atomic mass is 79.9. The summed E-state index contributed by atoms with van der Waals surface area (Å²) >= 11 is 3.43. The number of hydrogen-bond donors (Lipinski definition) is 0. The molecule has 1 aliphatic rings. The molecule has 0 saturated carbocycles. The van der Waals surface area contributed by atoms with E-state index in [-0.39, 0.29) is 11.2 Å². The van der Waals surface area contributed by atoms with Crippen LogP contribution in [-0.2, 0) is 5.41 Å². The third-order valence-electron chi connectivity index (χ3n) is 6.38. The summed E-state index contributed by atoms with van der Waals surface area (Å²) in [4.78, 5) is 12.6. The summed E-state index contributed by atoms with van der Waals surface area (Å²) in [7, 11) is 0. The van der Waals surface area contributed by atoms with Gasteiger partial charge in [-0.1, -0.05) is 109 Å². The van der Waals surface area contributed by atoms with E-state index < -0.39 is 0 Å². The Hall–Kier alpha value is -3.23. The number of fused-ring (bicyclic) bond motifs is 3. The summed E-state index contributed by atoms with van der Waals surface area (Å²) < 4.78 is 1.02. The van der Waals surface area contributed by atoms with Gasteiger partial charge in [-0.15, -0.1) is 0 Å². The van der Waals surface area contributed by atoms with Crippen LogP contribution >= 0.6 is 15.9 Å². The predicted molar refractivity (Wildman–Crippen MR) is 137 cm³/mol. The molecule has 5 rings (SSSR count). The van der Waals surface area contributed by atoms with Crippen LogP contribution in [0.4, 0.5) is 0 Å². The number of benzene rings is 4. The number of carbonyl (C=O) groups excluding carboxylic acids is 1. The molecule has 0 aliphatic heterocycles. The second-order valence-electron chi connectivity index (χ2n) is 8.76. The molecule has 0 unspecified atom stereocenters. The van der Waals surface area contributed by atoms with E-state index in [9.17, 15) is 4.79 Å². The van der Waals surface area contributed by atoms with Gasteiger partial charge in [-0.05, 0) is 63.2 Å². The molecule has 156 valence electrons. The molecule has 1 nitrogen and oxygen atoms in total. The summed E-state index contributed by atoms with van der Waals surface area (Å²) in [5.74, 6) is 0.00463. The van der Waals surface area contributed by atoms with E-state index in [0.29, 0.717) is 5.56 Å². The van der Waals surface area contributed by atoms with Crippen molar-refractivity contribution in [1.29, 1.82) is 0 Å². The molecule has 0 aromatic heterocycles. The van der Waals surface area contributed by atoms with Crippen molar-refractivity contribution >= 4 is 27.8 Å². The van der Waals surface area contributed by atoms with Gasteiger partial charge in [0.05, 0.1) is 0 Å². The van der Waals surface area contributed by atoms with Crippen LogP contribution in [-0.4, -0.2) is 5.78 Å². The van der Waals surface area contributed by atoms with Crippen LogP contribution in [0.1, 0.15) is 40.9 Å². The molecule has 0 spiro atoms. The Morgan fingerprint density at radius 1 is 0.750 bits per heavy atom. The first-order chi connectivity index (χ1) is 15.4. The zero-order valence-corrected chi connectivity index (χ0v) is 19.7. The minimum Gasteiger partial charge on any atom is -0.289 e. The van der Waals surface area contributed by atoms with E-state index in [1.54, 1.807) is 6.08 Å².